The van der Waals surface area contributed by atoms with Crippen molar-refractivity contribution in [3.63, 3.8) is 0 Å². The molecule has 0 unspecified atom stereocenters. The highest BCUT2D eigenvalue weighted by molar-refractivity contribution is 7.99. The number of imide groups is 1. The van der Waals surface area contributed by atoms with Crippen molar-refractivity contribution >= 4 is 29.4 Å². The molecule has 1 aromatic heterocycles. The van der Waals surface area contributed by atoms with Crippen LogP contribution in [0, 0.1) is 13.8 Å². The Hall–Kier alpha value is -3.27. The fourth-order valence-electron chi connectivity index (χ4n) is 3.05. The number of imidazole rings is 1. The van der Waals surface area contributed by atoms with E-state index in [1.165, 1.54) is 6.20 Å². The van der Waals surface area contributed by atoms with Gasteiger partial charge in [0.1, 0.15) is 6.54 Å². The van der Waals surface area contributed by atoms with Crippen LogP contribution in [0.15, 0.2) is 59.9 Å². The summed E-state index contributed by atoms with van der Waals surface area (Å²) in [6, 6.07) is 13.3. The summed E-state index contributed by atoms with van der Waals surface area (Å²) < 4.78 is 40.4. The van der Waals surface area contributed by atoms with Crippen molar-refractivity contribution in [3.8, 4) is 11.3 Å². The Morgan fingerprint density at radius 3 is 2.47 bits per heavy atom. The number of carbonyl (C=O) groups is 2. The molecule has 3 amide bonds. The topological polar surface area (TPSA) is 76.0 Å². The van der Waals surface area contributed by atoms with Crippen LogP contribution in [-0.4, -0.2) is 33.4 Å². The maximum Gasteiger partial charge on any atom is 0.406 e. The van der Waals surface area contributed by atoms with E-state index in [0.717, 1.165) is 27.5 Å². The number of rotatable bonds is 6. The summed E-state index contributed by atoms with van der Waals surface area (Å²) in [5, 5.41) is 4.80. The number of nitrogens with one attached hydrogen (secondary N) is 2. The summed E-state index contributed by atoms with van der Waals surface area (Å²) in [6.07, 6.45) is -3.12. The van der Waals surface area contributed by atoms with Crippen LogP contribution >= 0.6 is 11.8 Å². The number of alkyl halides is 3. The molecule has 3 rings (SSSR count). The molecule has 0 atom stereocenters. The highest BCUT2D eigenvalue weighted by Crippen LogP contribution is 2.30. The summed E-state index contributed by atoms with van der Waals surface area (Å²) >= 11 is 0.825. The first kappa shape index (κ1) is 23.4. The minimum Gasteiger partial charge on any atom is -0.310 e. The van der Waals surface area contributed by atoms with Gasteiger partial charge in [-0.2, -0.15) is 13.2 Å². The summed E-state index contributed by atoms with van der Waals surface area (Å²) in [6.45, 7) is 2.50. The van der Waals surface area contributed by atoms with Crippen LogP contribution < -0.4 is 10.6 Å². The first-order valence-corrected chi connectivity index (χ1v) is 10.6. The number of aromatic nitrogens is 2. The molecule has 0 aliphatic rings. The molecule has 0 spiro atoms. The largest absolute Gasteiger partial charge is 0.406 e. The number of benzene rings is 2. The number of thioether (sulfide) groups is 1. The molecule has 10 heteroatoms. The normalized spacial score (nSPS) is 11.3. The molecule has 0 bridgehead atoms. The molecule has 0 saturated heterocycles. The minimum atomic E-state index is -4.46. The predicted octanol–water partition coefficient (Wildman–Crippen LogP) is 5.17. The molecule has 2 N–H and O–H groups in total. The van der Waals surface area contributed by atoms with Crippen LogP contribution in [0.4, 0.5) is 23.7 Å². The molecule has 0 fully saturated rings. The second-order valence-corrected chi connectivity index (χ2v) is 8.05. The first-order valence-electron chi connectivity index (χ1n) is 9.61. The fraction of sp³-hybridized carbons (Fsp3) is 0.227. The summed E-state index contributed by atoms with van der Waals surface area (Å²) in [5.41, 5.74) is 3.29. The van der Waals surface area contributed by atoms with Crippen molar-refractivity contribution in [2.75, 3.05) is 11.1 Å². The average molecular weight is 462 g/mol. The lowest BCUT2D eigenvalue weighted by molar-refractivity contribution is -0.141. The molecular formula is C22H21F3N4O2S. The van der Waals surface area contributed by atoms with Crippen molar-refractivity contribution < 1.29 is 22.8 Å². The second kappa shape index (κ2) is 9.90. The first-order chi connectivity index (χ1) is 15.1. The SMILES string of the molecule is Cc1ccc(NC(=O)NC(=O)CSc2ncc(-c3ccccc3)n2CC(F)(F)F)c(C)c1. The molecule has 0 radical (unpaired) electrons. The molecule has 3 aromatic rings. The van der Waals surface area contributed by atoms with Crippen molar-refractivity contribution in [1.82, 2.24) is 14.9 Å². The van der Waals surface area contributed by atoms with E-state index in [4.69, 9.17) is 0 Å². The number of amides is 3. The van der Waals surface area contributed by atoms with Gasteiger partial charge in [-0.25, -0.2) is 9.78 Å². The van der Waals surface area contributed by atoms with Crippen molar-refractivity contribution in [3.05, 3.63) is 65.9 Å². The Kier molecular flexibility index (Phi) is 7.24. The van der Waals surface area contributed by atoms with E-state index >= 15 is 0 Å². The number of anilines is 1. The van der Waals surface area contributed by atoms with Crippen molar-refractivity contribution in [2.24, 2.45) is 0 Å². The molecule has 0 aliphatic carbocycles. The lowest BCUT2D eigenvalue weighted by Gasteiger charge is -2.14. The van der Waals surface area contributed by atoms with Gasteiger partial charge in [0.15, 0.2) is 5.16 Å². The second-order valence-electron chi connectivity index (χ2n) is 7.10. The van der Waals surface area contributed by atoms with Crippen LogP contribution in [0.2, 0.25) is 0 Å². The quantitative estimate of drug-likeness (QED) is 0.496. The van der Waals surface area contributed by atoms with Gasteiger partial charge < -0.3 is 9.88 Å². The number of aryl methyl sites for hydroxylation is 2. The number of hydrogen-bond acceptors (Lipinski definition) is 4. The zero-order valence-corrected chi connectivity index (χ0v) is 18.2. The van der Waals surface area contributed by atoms with E-state index in [1.807, 2.05) is 26.0 Å². The van der Waals surface area contributed by atoms with Gasteiger partial charge in [0, 0.05) is 5.69 Å². The average Bonchev–Trinajstić information content (AvgIpc) is 3.10. The zero-order chi connectivity index (χ0) is 23.3. The molecule has 1 heterocycles. The van der Waals surface area contributed by atoms with Crippen LogP contribution in [0.1, 0.15) is 11.1 Å². The van der Waals surface area contributed by atoms with Gasteiger partial charge in [0.25, 0.3) is 0 Å². The third-order valence-electron chi connectivity index (χ3n) is 4.44. The fourth-order valence-corrected chi connectivity index (χ4v) is 3.82. The Bertz CT molecular complexity index is 1110. The minimum absolute atomic E-state index is 0.0334. The van der Waals surface area contributed by atoms with Gasteiger partial charge in [0.2, 0.25) is 5.91 Å². The monoisotopic (exact) mass is 462 g/mol. The molecular weight excluding hydrogens is 441 g/mol. The Morgan fingerprint density at radius 2 is 1.81 bits per heavy atom. The lowest BCUT2D eigenvalue weighted by Crippen LogP contribution is -2.35. The van der Waals surface area contributed by atoms with E-state index in [0.29, 0.717) is 16.9 Å². The Balaban J connectivity index is 1.66. The number of nitrogens with zero attached hydrogens (tertiary/aromatic N) is 2. The van der Waals surface area contributed by atoms with Gasteiger partial charge >= 0.3 is 12.2 Å². The summed E-state index contributed by atoms with van der Waals surface area (Å²) in [7, 11) is 0. The number of halogens is 3. The third-order valence-corrected chi connectivity index (χ3v) is 5.43. The van der Waals surface area contributed by atoms with Gasteiger partial charge in [-0.15, -0.1) is 0 Å². The summed E-state index contributed by atoms with van der Waals surface area (Å²) in [5.74, 6) is -0.927. The Labute approximate surface area is 187 Å². The number of urea groups is 1. The van der Waals surface area contributed by atoms with Gasteiger partial charge in [-0.05, 0) is 31.0 Å². The highest BCUT2D eigenvalue weighted by atomic mass is 32.2. The predicted molar refractivity (Wildman–Crippen MR) is 118 cm³/mol. The standard InChI is InChI=1S/C22H21F3N4O2S/c1-14-8-9-17(15(2)10-14)27-20(31)28-19(30)12-32-21-26-11-18(16-6-4-3-5-7-16)29(21)13-22(23,24)25/h3-11H,12-13H2,1-2H3,(H2,27,28,30,31). The van der Waals surface area contributed by atoms with Crippen LogP contribution in [0.25, 0.3) is 11.3 Å². The van der Waals surface area contributed by atoms with Gasteiger partial charge in [-0.3, -0.25) is 10.1 Å². The zero-order valence-electron chi connectivity index (χ0n) is 17.4. The maximum absolute atomic E-state index is 13.1. The lowest BCUT2D eigenvalue weighted by atomic mass is 10.1. The van der Waals surface area contributed by atoms with E-state index < -0.39 is 24.7 Å². The molecule has 0 saturated carbocycles. The highest BCUT2D eigenvalue weighted by Gasteiger charge is 2.31. The van der Waals surface area contributed by atoms with E-state index in [1.54, 1.807) is 36.4 Å². The Morgan fingerprint density at radius 1 is 1.09 bits per heavy atom. The molecule has 6 nitrogen and oxygen atoms in total. The van der Waals surface area contributed by atoms with Crippen LogP contribution in [0.5, 0.6) is 0 Å². The van der Waals surface area contributed by atoms with E-state index in [-0.39, 0.29) is 10.9 Å². The molecule has 32 heavy (non-hydrogen) atoms. The van der Waals surface area contributed by atoms with Gasteiger partial charge in [-0.1, -0.05) is 59.8 Å². The summed E-state index contributed by atoms with van der Waals surface area (Å²) in [4.78, 5) is 28.3. The van der Waals surface area contributed by atoms with Crippen LogP contribution in [-0.2, 0) is 11.3 Å². The number of hydrogen-bond donors (Lipinski definition) is 2. The van der Waals surface area contributed by atoms with E-state index in [9.17, 15) is 22.8 Å². The third kappa shape index (κ3) is 6.36. The van der Waals surface area contributed by atoms with E-state index in [2.05, 4.69) is 15.6 Å². The van der Waals surface area contributed by atoms with Crippen molar-refractivity contribution in [1.29, 1.82) is 0 Å². The van der Waals surface area contributed by atoms with Gasteiger partial charge in [0.05, 0.1) is 17.6 Å². The van der Waals surface area contributed by atoms with Crippen LogP contribution in [0.3, 0.4) is 0 Å². The maximum atomic E-state index is 13.1. The number of carbonyl (C=O) groups excluding carboxylic acids is 2. The van der Waals surface area contributed by atoms with Crippen molar-refractivity contribution in [2.45, 2.75) is 31.7 Å². The molecule has 0 aliphatic heterocycles. The smallest absolute Gasteiger partial charge is 0.310 e. The molecule has 168 valence electrons. The molecule has 2 aromatic carbocycles.